The van der Waals surface area contributed by atoms with Crippen molar-refractivity contribution in [3.63, 3.8) is 0 Å². The summed E-state index contributed by atoms with van der Waals surface area (Å²) in [5.74, 6) is 0.0832. The number of hydrogen-bond acceptors (Lipinski definition) is 3. The maximum absolute atomic E-state index is 12.3. The SMILES string of the molecule is O=C(Cc1ccc(Br)cc1)c1ccc2nccnc2c1. The Morgan fingerprint density at radius 3 is 2.40 bits per heavy atom. The lowest BCUT2D eigenvalue weighted by Gasteiger charge is -2.03. The fraction of sp³-hybridized carbons (Fsp3) is 0.0625. The van der Waals surface area contributed by atoms with Crippen LogP contribution in [0.25, 0.3) is 11.0 Å². The van der Waals surface area contributed by atoms with Crippen molar-refractivity contribution in [2.24, 2.45) is 0 Å². The topological polar surface area (TPSA) is 42.9 Å². The number of aromatic nitrogens is 2. The van der Waals surface area contributed by atoms with E-state index in [9.17, 15) is 4.79 Å². The molecule has 0 atom stereocenters. The second kappa shape index (κ2) is 5.51. The van der Waals surface area contributed by atoms with Gasteiger partial charge in [-0.05, 0) is 35.9 Å². The number of ketones is 1. The number of nitrogens with zero attached hydrogens (tertiary/aromatic N) is 2. The molecule has 4 heteroatoms. The van der Waals surface area contributed by atoms with E-state index >= 15 is 0 Å². The van der Waals surface area contributed by atoms with Crippen LogP contribution in [-0.4, -0.2) is 15.8 Å². The number of halogens is 1. The van der Waals surface area contributed by atoms with Gasteiger partial charge in [0.25, 0.3) is 0 Å². The quantitative estimate of drug-likeness (QED) is 0.687. The zero-order valence-corrected chi connectivity index (χ0v) is 12.2. The summed E-state index contributed by atoms with van der Waals surface area (Å²) in [7, 11) is 0. The average Bonchev–Trinajstić information content (AvgIpc) is 2.49. The van der Waals surface area contributed by atoms with E-state index in [0.717, 1.165) is 21.1 Å². The number of hydrogen-bond donors (Lipinski definition) is 0. The van der Waals surface area contributed by atoms with E-state index in [1.165, 1.54) is 0 Å². The summed E-state index contributed by atoms with van der Waals surface area (Å²) < 4.78 is 1.01. The average molecular weight is 327 g/mol. The van der Waals surface area contributed by atoms with Crippen LogP contribution in [0.5, 0.6) is 0 Å². The lowest BCUT2D eigenvalue weighted by molar-refractivity contribution is 0.0993. The first-order valence-corrected chi connectivity index (χ1v) is 7.00. The van der Waals surface area contributed by atoms with Crippen LogP contribution in [0.3, 0.4) is 0 Å². The van der Waals surface area contributed by atoms with Gasteiger partial charge in [-0.25, -0.2) is 0 Å². The molecule has 0 bridgehead atoms. The molecule has 0 aliphatic rings. The first kappa shape index (κ1) is 12.9. The maximum Gasteiger partial charge on any atom is 0.167 e. The summed E-state index contributed by atoms with van der Waals surface area (Å²) in [5, 5.41) is 0. The van der Waals surface area contributed by atoms with Crippen molar-refractivity contribution in [1.82, 2.24) is 9.97 Å². The number of fused-ring (bicyclic) bond motifs is 1. The summed E-state index contributed by atoms with van der Waals surface area (Å²) in [6, 6.07) is 13.2. The van der Waals surface area contributed by atoms with E-state index < -0.39 is 0 Å². The van der Waals surface area contributed by atoms with Crippen LogP contribution in [0.15, 0.2) is 59.3 Å². The molecule has 1 aromatic heterocycles. The molecule has 0 fully saturated rings. The normalized spacial score (nSPS) is 10.7. The Balaban J connectivity index is 1.86. The van der Waals surface area contributed by atoms with Gasteiger partial charge in [-0.1, -0.05) is 28.1 Å². The van der Waals surface area contributed by atoms with Crippen LogP contribution in [0.1, 0.15) is 15.9 Å². The van der Waals surface area contributed by atoms with E-state index in [1.807, 2.05) is 30.3 Å². The van der Waals surface area contributed by atoms with Gasteiger partial charge in [0.1, 0.15) is 0 Å². The van der Waals surface area contributed by atoms with Gasteiger partial charge in [0.15, 0.2) is 5.78 Å². The third kappa shape index (κ3) is 2.75. The zero-order valence-electron chi connectivity index (χ0n) is 10.6. The van der Waals surface area contributed by atoms with Gasteiger partial charge in [0.05, 0.1) is 11.0 Å². The molecular weight excluding hydrogens is 316 g/mol. The highest BCUT2D eigenvalue weighted by molar-refractivity contribution is 9.10. The summed E-state index contributed by atoms with van der Waals surface area (Å²) >= 11 is 3.38. The van der Waals surface area contributed by atoms with E-state index in [1.54, 1.807) is 24.5 Å². The van der Waals surface area contributed by atoms with E-state index in [2.05, 4.69) is 25.9 Å². The Morgan fingerprint density at radius 2 is 1.65 bits per heavy atom. The molecule has 0 radical (unpaired) electrons. The Hall–Kier alpha value is -2.07. The minimum Gasteiger partial charge on any atom is -0.294 e. The molecule has 3 aromatic rings. The molecule has 20 heavy (non-hydrogen) atoms. The second-order valence-corrected chi connectivity index (χ2v) is 5.40. The molecule has 3 nitrogen and oxygen atoms in total. The highest BCUT2D eigenvalue weighted by atomic mass is 79.9. The first-order chi connectivity index (χ1) is 9.72. The maximum atomic E-state index is 12.3. The van der Waals surface area contributed by atoms with Gasteiger partial charge in [0, 0.05) is 28.9 Å². The third-order valence-electron chi connectivity index (χ3n) is 3.07. The summed E-state index contributed by atoms with van der Waals surface area (Å²) in [4.78, 5) is 20.7. The van der Waals surface area contributed by atoms with Crippen LogP contribution in [0, 0.1) is 0 Å². The lowest BCUT2D eigenvalue weighted by atomic mass is 10.0. The molecule has 2 aromatic carbocycles. The van der Waals surface area contributed by atoms with Crippen LogP contribution in [-0.2, 0) is 6.42 Å². The van der Waals surface area contributed by atoms with Gasteiger partial charge in [0.2, 0.25) is 0 Å². The smallest absolute Gasteiger partial charge is 0.167 e. The van der Waals surface area contributed by atoms with Crippen LogP contribution in [0.2, 0.25) is 0 Å². The zero-order chi connectivity index (χ0) is 13.9. The molecular formula is C16H11BrN2O. The Morgan fingerprint density at radius 1 is 0.950 bits per heavy atom. The number of rotatable bonds is 3. The molecule has 0 saturated heterocycles. The molecule has 1 heterocycles. The van der Waals surface area contributed by atoms with E-state index in [-0.39, 0.29) is 5.78 Å². The molecule has 0 unspecified atom stereocenters. The fourth-order valence-electron chi connectivity index (χ4n) is 2.03. The minimum absolute atomic E-state index is 0.0832. The van der Waals surface area contributed by atoms with Gasteiger partial charge in [-0.3, -0.25) is 14.8 Å². The van der Waals surface area contributed by atoms with Crippen molar-refractivity contribution in [1.29, 1.82) is 0 Å². The van der Waals surface area contributed by atoms with Gasteiger partial charge >= 0.3 is 0 Å². The summed E-state index contributed by atoms with van der Waals surface area (Å²) in [5.41, 5.74) is 3.21. The Labute approximate surface area is 124 Å². The monoisotopic (exact) mass is 326 g/mol. The molecule has 0 N–H and O–H groups in total. The van der Waals surface area contributed by atoms with Crippen molar-refractivity contribution in [3.05, 3.63) is 70.5 Å². The van der Waals surface area contributed by atoms with Crippen molar-refractivity contribution in [2.45, 2.75) is 6.42 Å². The van der Waals surface area contributed by atoms with Gasteiger partial charge < -0.3 is 0 Å². The highest BCUT2D eigenvalue weighted by Crippen LogP contribution is 2.15. The molecule has 0 aliphatic carbocycles. The van der Waals surface area contributed by atoms with Crippen LogP contribution < -0.4 is 0 Å². The van der Waals surface area contributed by atoms with Crippen molar-refractivity contribution < 1.29 is 4.79 Å². The summed E-state index contributed by atoms with van der Waals surface area (Å²) in [6.45, 7) is 0. The highest BCUT2D eigenvalue weighted by Gasteiger charge is 2.08. The van der Waals surface area contributed by atoms with Gasteiger partial charge in [-0.15, -0.1) is 0 Å². The van der Waals surface area contributed by atoms with Crippen LogP contribution in [0.4, 0.5) is 0 Å². The molecule has 98 valence electrons. The third-order valence-corrected chi connectivity index (χ3v) is 3.60. The molecule has 3 rings (SSSR count). The first-order valence-electron chi connectivity index (χ1n) is 6.21. The molecule has 0 amide bonds. The van der Waals surface area contributed by atoms with E-state index in [4.69, 9.17) is 0 Å². The Bertz CT molecular complexity index is 769. The predicted octanol–water partition coefficient (Wildman–Crippen LogP) is 3.82. The van der Waals surface area contributed by atoms with E-state index in [0.29, 0.717) is 12.0 Å². The largest absolute Gasteiger partial charge is 0.294 e. The molecule has 0 spiro atoms. The number of carbonyl (C=O) groups is 1. The van der Waals surface area contributed by atoms with Crippen LogP contribution >= 0.6 is 15.9 Å². The number of Topliss-reactive ketones (excluding diaryl/α,β-unsaturated/α-hetero) is 1. The van der Waals surface area contributed by atoms with Gasteiger partial charge in [-0.2, -0.15) is 0 Å². The Kier molecular flexibility index (Phi) is 3.56. The fourth-order valence-corrected chi connectivity index (χ4v) is 2.29. The predicted molar refractivity (Wildman–Crippen MR) is 81.7 cm³/mol. The van der Waals surface area contributed by atoms with Crippen molar-refractivity contribution >= 4 is 32.7 Å². The number of carbonyl (C=O) groups excluding carboxylic acids is 1. The lowest BCUT2D eigenvalue weighted by Crippen LogP contribution is -2.03. The van der Waals surface area contributed by atoms with Crippen molar-refractivity contribution in [3.8, 4) is 0 Å². The number of benzene rings is 2. The second-order valence-electron chi connectivity index (χ2n) is 4.49. The standard InChI is InChI=1S/C16H11BrN2O/c17-13-4-1-11(2-5-13)9-16(20)12-3-6-14-15(10-12)19-8-7-18-14/h1-8,10H,9H2. The van der Waals surface area contributed by atoms with Crippen molar-refractivity contribution in [2.75, 3.05) is 0 Å². The molecule has 0 saturated carbocycles. The minimum atomic E-state index is 0.0832. The summed E-state index contributed by atoms with van der Waals surface area (Å²) in [6.07, 6.45) is 3.66. The molecule has 0 aliphatic heterocycles.